The first-order valence-electron chi connectivity index (χ1n) is 7.32. The molecule has 1 heterocycles. The van der Waals surface area contributed by atoms with Gasteiger partial charge in [-0.05, 0) is 37.2 Å². The highest BCUT2D eigenvalue weighted by atomic mass is 16.3. The predicted molar refractivity (Wildman–Crippen MR) is 73.5 cm³/mol. The Hall–Kier alpha value is -0.830. The Balaban J connectivity index is 2.01. The second-order valence-electron chi connectivity index (χ2n) is 6.08. The van der Waals surface area contributed by atoms with Crippen molar-refractivity contribution in [2.75, 3.05) is 6.61 Å². The zero-order valence-corrected chi connectivity index (χ0v) is 11.7. The molecular weight excluding hydrogens is 224 g/mol. The number of aliphatic hydroxyl groups is 1. The molecule has 1 aliphatic rings. The van der Waals surface area contributed by atoms with Crippen LogP contribution >= 0.6 is 0 Å². The van der Waals surface area contributed by atoms with Gasteiger partial charge in [0.15, 0.2) is 0 Å². The van der Waals surface area contributed by atoms with Gasteiger partial charge in [-0.15, -0.1) is 0 Å². The van der Waals surface area contributed by atoms with Gasteiger partial charge in [0.25, 0.3) is 0 Å². The molecule has 0 radical (unpaired) electrons. The lowest BCUT2D eigenvalue weighted by Crippen LogP contribution is -2.23. The molecule has 102 valence electrons. The summed E-state index contributed by atoms with van der Waals surface area (Å²) in [4.78, 5) is 0. The fourth-order valence-electron chi connectivity index (χ4n) is 2.75. The van der Waals surface area contributed by atoms with E-state index in [0.29, 0.717) is 6.04 Å². The molecule has 1 aromatic heterocycles. The first-order chi connectivity index (χ1) is 8.67. The van der Waals surface area contributed by atoms with E-state index in [0.717, 1.165) is 18.5 Å². The Morgan fingerprint density at radius 2 is 2.11 bits per heavy atom. The molecular formula is C15H26N2O. The maximum atomic E-state index is 9.47. The molecule has 3 heteroatoms. The highest BCUT2D eigenvalue weighted by Gasteiger charge is 2.23. The van der Waals surface area contributed by atoms with Gasteiger partial charge < -0.3 is 5.11 Å². The van der Waals surface area contributed by atoms with E-state index in [1.54, 1.807) is 0 Å². The van der Waals surface area contributed by atoms with Crippen molar-refractivity contribution in [1.29, 1.82) is 0 Å². The van der Waals surface area contributed by atoms with Crippen LogP contribution in [0.4, 0.5) is 0 Å². The van der Waals surface area contributed by atoms with Gasteiger partial charge in [-0.25, -0.2) is 0 Å². The van der Waals surface area contributed by atoms with Gasteiger partial charge >= 0.3 is 0 Å². The molecule has 0 spiro atoms. The van der Waals surface area contributed by atoms with Crippen LogP contribution in [-0.2, 0) is 6.42 Å². The lowest BCUT2D eigenvalue weighted by atomic mass is 9.84. The third kappa shape index (κ3) is 3.14. The van der Waals surface area contributed by atoms with E-state index in [4.69, 9.17) is 5.10 Å². The van der Waals surface area contributed by atoms with Crippen LogP contribution in [0.15, 0.2) is 12.3 Å². The summed E-state index contributed by atoms with van der Waals surface area (Å²) in [5.74, 6) is 0. The van der Waals surface area contributed by atoms with Crippen LogP contribution in [0.2, 0.25) is 0 Å². The fraction of sp³-hybridized carbons (Fsp3) is 0.800. The summed E-state index contributed by atoms with van der Waals surface area (Å²) < 4.78 is 2.15. The van der Waals surface area contributed by atoms with Crippen molar-refractivity contribution < 1.29 is 5.11 Å². The minimum absolute atomic E-state index is 0.0221. The Bertz CT molecular complexity index is 362. The number of aromatic nitrogens is 2. The summed E-state index contributed by atoms with van der Waals surface area (Å²) in [5, 5.41) is 14.2. The van der Waals surface area contributed by atoms with Crippen molar-refractivity contribution in [2.45, 2.75) is 64.8 Å². The number of hydrogen-bond donors (Lipinski definition) is 1. The van der Waals surface area contributed by atoms with E-state index in [2.05, 4.69) is 30.8 Å². The molecule has 1 atom stereocenters. The maximum Gasteiger partial charge on any atom is 0.0631 e. The number of rotatable bonds is 5. The van der Waals surface area contributed by atoms with Crippen molar-refractivity contribution >= 4 is 0 Å². The van der Waals surface area contributed by atoms with Crippen molar-refractivity contribution in [2.24, 2.45) is 5.41 Å². The van der Waals surface area contributed by atoms with Gasteiger partial charge in [0, 0.05) is 12.8 Å². The fourth-order valence-corrected chi connectivity index (χ4v) is 2.75. The van der Waals surface area contributed by atoms with Crippen molar-refractivity contribution in [3.05, 3.63) is 18.0 Å². The first-order valence-corrected chi connectivity index (χ1v) is 7.32. The van der Waals surface area contributed by atoms with Crippen LogP contribution in [-0.4, -0.2) is 21.5 Å². The normalized spacial score (nSPS) is 20.8. The van der Waals surface area contributed by atoms with Crippen molar-refractivity contribution in [1.82, 2.24) is 9.78 Å². The number of aliphatic hydroxyl groups excluding tert-OH is 1. The minimum Gasteiger partial charge on any atom is -0.396 e. The molecule has 1 N–H and O–H groups in total. The Morgan fingerprint density at radius 1 is 1.39 bits per heavy atom. The minimum atomic E-state index is -0.0221. The standard InChI is InChI=1S/C15H26N2O/c1-3-15(2,12-18)11-13-9-10-17(16-13)14-7-5-4-6-8-14/h9-10,14,18H,3-8,11-12H2,1-2H3. The molecule has 0 amide bonds. The van der Waals surface area contributed by atoms with E-state index in [9.17, 15) is 5.11 Å². The molecule has 1 saturated carbocycles. The summed E-state index contributed by atoms with van der Waals surface area (Å²) in [6.45, 7) is 4.50. The summed E-state index contributed by atoms with van der Waals surface area (Å²) in [6, 6.07) is 2.73. The molecule has 18 heavy (non-hydrogen) atoms. The van der Waals surface area contributed by atoms with Gasteiger partial charge in [0.2, 0.25) is 0 Å². The van der Waals surface area contributed by atoms with E-state index in [1.165, 1.54) is 32.1 Å². The molecule has 1 aliphatic carbocycles. The quantitative estimate of drug-likeness (QED) is 0.870. The molecule has 0 aliphatic heterocycles. The second-order valence-corrected chi connectivity index (χ2v) is 6.08. The molecule has 2 rings (SSSR count). The van der Waals surface area contributed by atoms with Gasteiger partial charge in [-0.1, -0.05) is 33.1 Å². The van der Waals surface area contributed by atoms with Crippen LogP contribution in [0, 0.1) is 5.41 Å². The maximum absolute atomic E-state index is 9.47. The van der Waals surface area contributed by atoms with Gasteiger partial charge in [-0.3, -0.25) is 4.68 Å². The molecule has 0 saturated heterocycles. The summed E-state index contributed by atoms with van der Waals surface area (Å²) in [5.41, 5.74) is 1.10. The largest absolute Gasteiger partial charge is 0.396 e. The smallest absolute Gasteiger partial charge is 0.0631 e. The number of hydrogen-bond acceptors (Lipinski definition) is 2. The number of nitrogens with zero attached hydrogens (tertiary/aromatic N) is 2. The molecule has 1 aromatic rings. The molecule has 0 aromatic carbocycles. The average Bonchev–Trinajstić information content (AvgIpc) is 2.88. The second kappa shape index (κ2) is 5.87. The zero-order valence-electron chi connectivity index (χ0n) is 11.7. The van der Waals surface area contributed by atoms with E-state index >= 15 is 0 Å². The van der Waals surface area contributed by atoms with Gasteiger partial charge in [-0.2, -0.15) is 5.10 Å². The summed E-state index contributed by atoms with van der Waals surface area (Å²) >= 11 is 0. The van der Waals surface area contributed by atoms with Crippen LogP contribution < -0.4 is 0 Å². The van der Waals surface area contributed by atoms with Crippen LogP contribution in [0.1, 0.15) is 64.1 Å². The van der Waals surface area contributed by atoms with Gasteiger partial charge in [0.1, 0.15) is 0 Å². The lowest BCUT2D eigenvalue weighted by Gasteiger charge is -2.25. The third-order valence-corrected chi connectivity index (χ3v) is 4.46. The van der Waals surface area contributed by atoms with E-state index in [-0.39, 0.29) is 12.0 Å². The Labute approximate surface area is 110 Å². The average molecular weight is 250 g/mol. The first kappa shape index (κ1) is 13.6. The highest BCUT2D eigenvalue weighted by Crippen LogP contribution is 2.29. The van der Waals surface area contributed by atoms with Crippen LogP contribution in [0.25, 0.3) is 0 Å². The zero-order chi connectivity index (χ0) is 13.0. The predicted octanol–water partition coefficient (Wildman–Crippen LogP) is 3.34. The van der Waals surface area contributed by atoms with Crippen LogP contribution in [0.5, 0.6) is 0 Å². The SMILES string of the molecule is CCC(C)(CO)Cc1ccn(C2CCCCC2)n1. The Morgan fingerprint density at radius 3 is 2.72 bits per heavy atom. The molecule has 1 fully saturated rings. The lowest BCUT2D eigenvalue weighted by molar-refractivity contribution is 0.136. The highest BCUT2D eigenvalue weighted by molar-refractivity contribution is 5.03. The topological polar surface area (TPSA) is 38.0 Å². The van der Waals surface area contributed by atoms with Crippen molar-refractivity contribution in [3.8, 4) is 0 Å². The van der Waals surface area contributed by atoms with Crippen LogP contribution in [0.3, 0.4) is 0 Å². The summed E-state index contributed by atoms with van der Waals surface area (Å²) in [7, 11) is 0. The third-order valence-electron chi connectivity index (χ3n) is 4.46. The molecule has 3 nitrogen and oxygen atoms in total. The molecule has 0 bridgehead atoms. The van der Waals surface area contributed by atoms with E-state index < -0.39 is 0 Å². The molecule has 1 unspecified atom stereocenters. The van der Waals surface area contributed by atoms with Crippen molar-refractivity contribution in [3.63, 3.8) is 0 Å². The summed E-state index contributed by atoms with van der Waals surface area (Å²) in [6.07, 6.45) is 10.6. The van der Waals surface area contributed by atoms with E-state index in [1.807, 2.05) is 0 Å². The van der Waals surface area contributed by atoms with Gasteiger partial charge in [0.05, 0.1) is 11.7 Å². The Kier molecular flexibility index (Phi) is 4.44. The monoisotopic (exact) mass is 250 g/mol.